The summed E-state index contributed by atoms with van der Waals surface area (Å²) < 4.78 is 24.8. The molecule has 1 amide bonds. The lowest BCUT2D eigenvalue weighted by molar-refractivity contribution is -0.118. The number of anilines is 1. The van der Waals surface area contributed by atoms with E-state index in [1.807, 2.05) is 30.3 Å². The highest BCUT2D eigenvalue weighted by atomic mass is 32.2. The molecule has 0 saturated carbocycles. The Morgan fingerprint density at radius 1 is 1.14 bits per heavy atom. The number of likely N-dealkylation sites (N-methyl/N-ethyl adjacent to an activating group) is 1. The van der Waals surface area contributed by atoms with E-state index in [2.05, 4.69) is 6.92 Å². The molecule has 0 saturated heterocycles. The Labute approximate surface area is 127 Å². The van der Waals surface area contributed by atoms with E-state index in [0.29, 0.717) is 6.54 Å². The second-order valence-electron chi connectivity index (χ2n) is 5.09. The number of amides is 1. The summed E-state index contributed by atoms with van der Waals surface area (Å²) in [6, 6.07) is 9.19. The number of carbonyl (C=O) groups is 1. The topological polar surface area (TPSA) is 57.7 Å². The van der Waals surface area contributed by atoms with E-state index in [1.54, 1.807) is 7.05 Å². The van der Waals surface area contributed by atoms with Crippen LogP contribution in [0.5, 0.6) is 0 Å². The largest absolute Gasteiger partial charge is 0.314 e. The Hall–Kier alpha value is -1.40. The van der Waals surface area contributed by atoms with E-state index in [4.69, 9.17) is 0 Å². The van der Waals surface area contributed by atoms with Crippen LogP contribution in [0.15, 0.2) is 30.3 Å². The van der Waals surface area contributed by atoms with E-state index >= 15 is 0 Å². The van der Waals surface area contributed by atoms with Gasteiger partial charge in [0.05, 0.1) is 12.8 Å². The van der Waals surface area contributed by atoms with Gasteiger partial charge in [-0.3, -0.25) is 4.79 Å². The third-order valence-corrected chi connectivity index (χ3v) is 4.56. The summed E-state index contributed by atoms with van der Waals surface area (Å²) in [4.78, 5) is 13.7. The summed E-state index contributed by atoms with van der Waals surface area (Å²) in [6.45, 7) is 2.33. The molecule has 0 aliphatic heterocycles. The molecular formula is C15H24N2O3S. The molecule has 0 spiro atoms. The number of unbranched alkanes of at least 4 members (excludes halogenated alkanes) is 2. The summed E-state index contributed by atoms with van der Waals surface area (Å²) in [5, 5.41) is 0. The molecule has 0 fully saturated rings. The molecule has 0 heterocycles. The fourth-order valence-corrected chi connectivity index (χ4v) is 2.76. The van der Waals surface area contributed by atoms with Crippen molar-refractivity contribution in [3.8, 4) is 0 Å². The van der Waals surface area contributed by atoms with Crippen molar-refractivity contribution in [2.45, 2.75) is 26.2 Å². The zero-order chi connectivity index (χ0) is 15.9. The minimum absolute atomic E-state index is 0.117. The normalized spacial score (nSPS) is 11.6. The highest BCUT2D eigenvalue weighted by Gasteiger charge is 2.22. The first kappa shape index (κ1) is 17.7. The fourth-order valence-electron chi connectivity index (χ4n) is 1.95. The van der Waals surface area contributed by atoms with Gasteiger partial charge in [0.15, 0.2) is 0 Å². The van der Waals surface area contributed by atoms with Crippen molar-refractivity contribution in [3.63, 3.8) is 0 Å². The predicted molar refractivity (Wildman–Crippen MR) is 85.8 cm³/mol. The molecule has 0 aromatic heterocycles. The first-order valence-corrected chi connectivity index (χ1v) is 8.97. The van der Waals surface area contributed by atoms with Gasteiger partial charge >= 0.3 is 0 Å². The lowest BCUT2D eigenvalue weighted by atomic mass is 10.2. The van der Waals surface area contributed by atoms with Gasteiger partial charge in [0.1, 0.15) is 0 Å². The van der Waals surface area contributed by atoms with Crippen LogP contribution >= 0.6 is 0 Å². The fraction of sp³-hybridized carbons (Fsp3) is 0.533. The highest BCUT2D eigenvalue weighted by Crippen LogP contribution is 2.12. The number of nitrogens with zero attached hydrogens (tertiary/aromatic N) is 2. The molecular weight excluding hydrogens is 288 g/mol. The molecule has 0 N–H and O–H groups in total. The summed E-state index contributed by atoms with van der Waals surface area (Å²) >= 11 is 0. The standard InChI is InChI=1S/C15H24N2O3S/c1-4-5-9-12-17(21(3,19)20)13-15(18)16(2)14-10-7-6-8-11-14/h6-8,10-11H,4-5,9,12-13H2,1-3H3. The van der Waals surface area contributed by atoms with Gasteiger partial charge in [-0.05, 0) is 18.6 Å². The van der Waals surface area contributed by atoms with Gasteiger partial charge in [-0.25, -0.2) is 8.42 Å². The quantitative estimate of drug-likeness (QED) is 0.691. The summed E-state index contributed by atoms with van der Waals surface area (Å²) in [6.07, 6.45) is 3.88. The number of hydrogen-bond acceptors (Lipinski definition) is 3. The van der Waals surface area contributed by atoms with E-state index in [-0.39, 0.29) is 12.5 Å². The number of benzene rings is 1. The van der Waals surface area contributed by atoms with Crippen LogP contribution in [0.3, 0.4) is 0 Å². The second-order valence-corrected chi connectivity index (χ2v) is 7.07. The van der Waals surface area contributed by atoms with Crippen LogP contribution < -0.4 is 4.90 Å². The predicted octanol–water partition coefficient (Wildman–Crippen LogP) is 2.10. The maximum absolute atomic E-state index is 12.3. The van der Waals surface area contributed by atoms with E-state index in [9.17, 15) is 13.2 Å². The Bertz CT molecular complexity index is 543. The van der Waals surface area contributed by atoms with E-state index < -0.39 is 10.0 Å². The van der Waals surface area contributed by atoms with Crippen LogP contribution in [0.2, 0.25) is 0 Å². The molecule has 0 aliphatic carbocycles. The first-order valence-electron chi connectivity index (χ1n) is 7.13. The van der Waals surface area contributed by atoms with Crippen molar-refractivity contribution < 1.29 is 13.2 Å². The smallest absolute Gasteiger partial charge is 0.242 e. The number of para-hydroxylation sites is 1. The summed E-state index contributed by atoms with van der Waals surface area (Å²) in [5.74, 6) is -0.233. The molecule has 1 aromatic rings. The van der Waals surface area contributed by atoms with Crippen LogP contribution in [0.1, 0.15) is 26.2 Å². The van der Waals surface area contributed by atoms with Gasteiger partial charge in [-0.1, -0.05) is 38.0 Å². The molecule has 0 aliphatic rings. The van der Waals surface area contributed by atoms with Gasteiger partial charge in [-0.2, -0.15) is 4.31 Å². The van der Waals surface area contributed by atoms with E-state index in [1.165, 1.54) is 9.21 Å². The summed E-state index contributed by atoms with van der Waals surface area (Å²) in [5.41, 5.74) is 0.754. The van der Waals surface area contributed by atoms with Crippen LogP contribution in [0.4, 0.5) is 5.69 Å². The molecule has 1 rings (SSSR count). The molecule has 0 radical (unpaired) electrons. The third kappa shape index (κ3) is 5.85. The Balaban J connectivity index is 2.72. The summed E-state index contributed by atoms with van der Waals surface area (Å²) in [7, 11) is -1.71. The minimum Gasteiger partial charge on any atom is -0.314 e. The molecule has 0 atom stereocenters. The SMILES string of the molecule is CCCCCN(CC(=O)N(C)c1ccccc1)S(C)(=O)=O. The number of hydrogen-bond donors (Lipinski definition) is 0. The monoisotopic (exact) mass is 312 g/mol. The van der Waals surface area contributed by atoms with Crippen LogP contribution in [-0.4, -0.2) is 45.0 Å². The van der Waals surface area contributed by atoms with Gasteiger partial charge in [0.25, 0.3) is 0 Å². The van der Waals surface area contributed by atoms with Crippen molar-refractivity contribution in [1.82, 2.24) is 4.31 Å². The van der Waals surface area contributed by atoms with Crippen molar-refractivity contribution in [2.24, 2.45) is 0 Å². The van der Waals surface area contributed by atoms with Crippen LogP contribution in [0, 0.1) is 0 Å². The van der Waals surface area contributed by atoms with Crippen LogP contribution in [-0.2, 0) is 14.8 Å². The zero-order valence-corrected chi connectivity index (χ0v) is 13.8. The molecule has 6 heteroatoms. The molecule has 21 heavy (non-hydrogen) atoms. The maximum atomic E-state index is 12.3. The van der Waals surface area contributed by atoms with Crippen molar-refractivity contribution in [1.29, 1.82) is 0 Å². The minimum atomic E-state index is -3.37. The van der Waals surface area contributed by atoms with Crippen molar-refractivity contribution in [3.05, 3.63) is 30.3 Å². The van der Waals surface area contributed by atoms with Crippen molar-refractivity contribution in [2.75, 3.05) is 31.3 Å². The Morgan fingerprint density at radius 2 is 1.76 bits per heavy atom. The average molecular weight is 312 g/mol. The van der Waals surface area contributed by atoms with Gasteiger partial charge in [0, 0.05) is 19.3 Å². The Morgan fingerprint density at radius 3 is 2.29 bits per heavy atom. The van der Waals surface area contributed by atoms with Crippen molar-refractivity contribution >= 4 is 21.6 Å². The molecule has 118 valence electrons. The number of rotatable bonds is 8. The van der Waals surface area contributed by atoms with Crippen LogP contribution in [0.25, 0.3) is 0 Å². The van der Waals surface area contributed by atoms with Gasteiger partial charge < -0.3 is 4.90 Å². The average Bonchev–Trinajstić information content (AvgIpc) is 2.45. The number of sulfonamides is 1. The number of carbonyl (C=O) groups excluding carboxylic acids is 1. The highest BCUT2D eigenvalue weighted by molar-refractivity contribution is 7.88. The maximum Gasteiger partial charge on any atom is 0.242 e. The van der Waals surface area contributed by atoms with Gasteiger partial charge in [-0.15, -0.1) is 0 Å². The molecule has 5 nitrogen and oxygen atoms in total. The van der Waals surface area contributed by atoms with E-state index in [0.717, 1.165) is 31.2 Å². The third-order valence-electron chi connectivity index (χ3n) is 3.31. The second kappa shape index (κ2) is 8.14. The lowest BCUT2D eigenvalue weighted by Crippen LogP contribution is -2.41. The lowest BCUT2D eigenvalue weighted by Gasteiger charge is -2.23. The molecule has 0 bridgehead atoms. The zero-order valence-electron chi connectivity index (χ0n) is 12.9. The molecule has 0 unspecified atom stereocenters. The van der Waals surface area contributed by atoms with Gasteiger partial charge in [0.2, 0.25) is 15.9 Å². The first-order chi connectivity index (χ1) is 9.86. The molecule has 1 aromatic carbocycles. The Kier molecular flexibility index (Phi) is 6.84.